The van der Waals surface area contributed by atoms with Crippen molar-refractivity contribution in [3.63, 3.8) is 0 Å². The Morgan fingerprint density at radius 1 is 1.32 bits per heavy atom. The molecule has 134 valence electrons. The zero-order valence-electron chi connectivity index (χ0n) is 15.2. The van der Waals surface area contributed by atoms with Gasteiger partial charge in [0.2, 0.25) is 5.91 Å². The highest BCUT2D eigenvalue weighted by Gasteiger charge is 2.36. The number of furan rings is 1. The minimum atomic E-state index is 0.0732. The van der Waals surface area contributed by atoms with Crippen molar-refractivity contribution in [1.29, 1.82) is 0 Å². The summed E-state index contributed by atoms with van der Waals surface area (Å²) in [6.45, 7) is 2.94. The average Bonchev–Trinajstić information content (AvgIpc) is 3.28. The third-order valence-corrected chi connectivity index (χ3v) is 5.84. The van der Waals surface area contributed by atoms with E-state index in [-0.39, 0.29) is 12.0 Å². The van der Waals surface area contributed by atoms with E-state index in [2.05, 4.69) is 29.1 Å². The van der Waals surface area contributed by atoms with Crippen LogP contribution in [-0.2, 0) is 31.1 Å². The van der Waals surface area contributed by atoms with Crippen molar-refractivity contribution in [3.8, 4) is 0 Å². The molecular weight excluding hydrogens is 314 g/mol. The first kappa shape index (κ1) is 16.4. The second kappa shape index (κ2) is 6.70. The fourth-order valence-corrected chi connectivity index (χ4v) is 4.35. The van der Waals surface area contributed by atoms with Crippen molar-refractivity contribution in [1.82, 2.24) is 14.7 Å². The molecule has 4 rings (SSSR count). The molecule has 1 aliphatic carbocycles. The summed E-state index contributed by atoms with van der Waals surface area (Å²) in [6.07, 6.45) is 8.80. The number of likely N-dealkylation sites (tertiary alicyclic amines) is 1. The second-order valence-electron chi connectivity index (χ2n) is 7.38. The maximum Gasteiger partial charge on any atom is 0.226 e. The average molecular weight is 341 g/mol. The molecule has 2 aromatic rings. The van der Waals surface area contributed by atoms with E-state index in [1.54, 1.807) is 0 Å². The molecule has 0 aromatic carbocycles. The first-order valence-electron chi connectivity index (χ1n) is 9.56. The van der Waals surface area contributed by atoms with Crippen LogP contribution in [0.25, 0.3) is 0 Å². The molecule has 2 unspecified atom stereocenters. The number of rotatable bonds is 3. The van der Waals surface area contributed by atoms with E-state index in [4.69, 9.17) is 4.42 Å². The van der Waals surface area contributed by atoms with Gasteiger partial charge in [-0.1, -0.05) is 6.92 Å². The van der Waals surface area contributed by atoms with Crippen LogP contribution in [0, 0.1) is 5.92 Å². The Kier molecular flexibility index (Phi) is 4.40. The van der Waals surface area contributed by atoms with Gasteiger partial charge in [-0.3, -0.25) is 9.48 Å². The fraction of sp³-hybridized carbons (Fsp3) is 0.600. The van der Waals surface area contributed by atoms with Crippen molar-refractivity contribution in [2.45, 2.75) is 57.9 Å². The van der Waals surface area contributed by atoms with Gasteiger partial charge in [0, 0.05) is 38.0 Å². The van der Waals surface area contributed by atoms with Crippen LogP contribution in [0.5, 0.6) is 0 Å². The molecule has 25 heavy (non-hydrogen) atoms. The monoisotopic (exact) mass is 341 g/mol. The Morgan fingerprint density at radius 2 is 2.20 bits per heavy atom. The predicted molar refractivity (Wildman–Crippen MR) is 95.1 cm³/mol. The van der Waals surface area contributed by atoms with Gasteiger partial charge in [-0.2, -0.15) is 5.10 Å². The summed E-state index contributed by atoms with van der Waals surface area (Å²) in [5, 5.41) is 4.36. The molecule has 0 saturated carbocycles. The number of piperidine rings is 1. The highest BCUT2D eigenvalue weighted by atomic mass is 16.3. The van der Waals surface area contributed by atoms with E-state index < -0.39 is 0 Å². The number of aryl methyl sites for hydroxylation is 3. The molecule has 3 heterocycles. The van der Waals surface area contributed by atoms with Gasteiger partial charge >= 0.3 is 0 Å². The molecule has 5 nitrogen and oxygen atoms in total. The van der Waals surface area contributed by atoms with E-state index in [1.807, 2.05) is 17.9 Å². The maximum absolute atomic E-state index is 13.3. The maximum atomic E-state index is 13.3. The standard InChI is InChI=1S/C20H27N3O2/c1-3-16-9-10-19(25-16)17-6-4-5-11-23(17)20(24)14-7-8-15-13-21-22(2)18(15)12-14/h9-10,13-14,17H,3-8,11-12H2,1-2H3. The van der Waals surface area contributed by atoms with Crippen molar-refractivity contribution >= 4 is 5.91 Å². The highest BCUT2D eigenvalue weighted by molar-refractivity contribution is 5.80. The smallest absolute Gasteiger partial charge is 0.226 e. The molecule has 1 aliphatic heterocycles. The summed E-state index contributed by atoms with van der Waals surface area (Å²) in [6, 6.07) is 4.22. The second-order valence-corrected chi connectivity index (χ2v) is 7.38. The van der Waals surface area contributed by atoms with Crippen LogP contribution >= 0.6 is 0 Å². The van der Waals surface area contributed by atoms with Crippen molar-refractivity contribution in [2.24, 2.45) is 13.0 Å². The van der Waals surface area contributed by atoms with Gasteiger partial charge in [0.05, 0.1) is 12.2 Å². The van der Waals surface area contributed by atoms with Crippen LogP contribution < -0.4 is 0 Å². The molecule has 2 aromatic heterocycles. The van der Waals surface area contributed by atoms with Gasteiger partial charge < -0.3 is 9.32 Å². The molecule has 0 spiro atoms. The number of fused-ring (bicyclic) bond motifs is 1. The highest BCUT2D eigenvalue weighted by Crippen LogP contribution is 2.35. The van der Waals surface area contributed by atoms with Crippen molar-refractivity contribution in [2.75, 3.05) is 6.54 Å². The Balaban J connectivity index is 1.54. The summed E-state index contributed by atoms with van der Waals surface area (Å²) in [7, 11) is 1.98. The van der Waals surface area contributed by atoms with E-state index in [0.717, 1.165) is 63.0 Å². The Morgan fingerprint density at radius 3 is 3.00 bits per heavy atom. The third-order valence-electron chi connectivity index (χ3n) is 5.84. The molecule has 0 bridgehead atoms. The Labute approximate surface area is 149 Å². The van der Waals surface area contributed by atoms with Crippen LogP contribution in [0.3, 0.4) is 0 Å². The minimum absolute atomic E-state index is 0.0732. The van der Waals surface area contributed by atoms with Crippen LogP contribution in [0.1, 0.15) is 61.4 Å². The van der Waals surface area contributed by atoms with E-state index in [0.29, 0.717) is 5.91 Å². The zero-order chi connectivity index (χ0) is 17.4. The first-order chi connectivity index (χ1) is 12.2. The van der Waals surface area contributed by atoms with Crippen molar-refractivity contribution in [3.05, 3.63) is 41.1 Å². The Bertz CT molecular complexity index is 761. The molecule has 1 amide bonds. The Hall–Kier alpha value is -2.04. The molecular formula is C20H27N3O2. The molecule has 1 saturated heterocycles. The largest absolute Gasteiger partial charge is 0.464 e. The van der Waals surface area contributed by atoms with Gasteiger partial charge in [-0.25, -0.2) is 0 Å². The van der Waals surface area contributed by atoms with E-state index in [9.17, 15) is 4.79 Å². The number of carbonyl (C=O) groups is 1. The molecule has 0 radical (unpaired) electrons. The summed E-state index contributed by atoms with van der Waals surface area (Å²) < 4.78 is 7.93. The molecule has 2 atom stereocenters. The fourth-order valence-electron chi connectivity index (χ4n) is 4.35. The van der Waals surface area contributed by atoms with Gasteiger partial charge in [0.1, 0.15) is 11.5 Å². The number of hydrogen-bond acceptors (Lipinski definition) is 3. The molecule has 1 fully saturated rings. The van der Waals surface area contributed by atoms with E-state index in [1.165, 1.54) is 11.3 Å². The van der Waals surface area contributed by atoms with Crippen LogP contribution in [0.15, 0.2) is 22.7 Å². The minimum Gasteiger partial charge on any atom is -0.464 e. The zero-order valence-corrected chi connectivity index (χ0v) is 15.2. The van der Waals surface area contributed by atoms with Gasteiger partial charge in [0.15, 0.2) is 0 Å². The topological polar surface area (TPSA) is 51.3 Å². The lowest BCUT2D eigenvalue weighted by atomic mass is 9.86. The van der Waals surface area contributed by atoms with Crippen LogP contribution in [0.2, 0.25) is 0 Å². The van der Waals surface area contributed by atoms with Gasteiger partial charge in [0.25, 0.3) is 0 Å². The van der Waals surface area contributed by atoms with Crippen molar-refractivity contribution < 1.29 is 9.21 Å². The SMILES string of the molecule is CCc1ccc(C2CCCCN2C(=O)C2CCc3cnn(C)c3C2)o1. The first-order valence-corrected chi connectivity index (χ1v) is 9.56. The lowest BCUT2D eigenvalue weighted by Gasteiger charge is -2.37. The number of nitrogens with zero attached hydrogens (tertiary/aromatic N) is 3. The lowest BCUT2D eigenvalue weighted by molar-refractivity contribution is -0.140. The number of amides is 1. The lowest BCUT2D eigenvalue weighted by Crippen LogP contribution is -2.43. The molecule has 5 heteroatoms. The number of carbonyl (C=O) groups excluding carboxylic acids is 1. The summed E-state index contributed by atoms with van der Waals surface area (Å²) in [5.74, 6) is 2.34. The summed E-state index contributed by atoms with van der Waals surface area (Å²) >= 11 is 0. The number of hydrogen-bond donors (Lipinski definition) is 0. The summed E-state index contributed by atoms with van der Waals surface area (Å²) in [4.78, 5) is 15.4. The predicted octanol–water partition coefficient (Wildman–Crippen LogP) is 3.43. The van der Waals surface area contributed by atoms with Gasteiger partial charge in [-0.15, -0.1) is 0 Å². The molecule has 0 N–H and O–H groups in total. The normalized spacial score (nSPS) is 23.5. The summed E-state index contributed by atoms with van der Waals surface area (Å²) in [5.41, 5.74) is 2.53. The van der Waals surface area contributed by atoms with Crippen LogP contribution in [-0.4, -0.2) is 27.1 Å². The number of aromatic nitrogens is 2. The van der Waals surface area contributed by atoms with E-state index >= 15 is 0 Å². The molecule has 2 aliphatic rings. The van der Waals surface area contributed by atoms with Crippen LogP contribution in [0.4, 0.5) is 0 Å². The quantitative estimate of drug-likeness (QED) is 0.859. The third kappa shape index (κ3) is 3.00. The van der Waals surface area contributed by atoms with Gasteiger partial charge in [-0.05, 0) is 49.8 Å².